The maximum Gasteiger partial charge on any atom is 0.317 e. The Hall–Kier alpha value is -1.98. The number of amides is 2. The first kappa shape index (κ1) is 15.4. The highest BCUT2D eigenvalue weighted by atomic mass is 16.4. The highest BCUT2D eigenvalue weighted by Gasteiger charge is 2.37. The van der Waals surface area contributed by atoms with E-state index in [2.05, 4.69) is 5.32 Å². The third kappa shape index (κ3) is 4.00. The van der Waals surface area contributed by atoms with Gasteiger partial charge in [-0.05, 0) is 31.4 Å². The molecule has 1 aliphatic rings. The number of aliphatic carboxylic acids is 1. The number of carboxylic acid groups (broad SMARTS) is 1. The van der Waals surface area contributed by atoms with E-state index in [9.17, 15) is 9.59 Å². The van der Waals surface area contributed by atoms with E-state index < -0.39 is 11.9 Å². The SMILES string of the molecule is CC(CCc1ccco1)NC(=O)N1CC(C)C(C(=O)O)C1. The number of nitrogens with zero attached hydrogens (tertiary/aromatic N) is 1. The van der Waals surface area contributed by atoms with E-state index in [0.717, 1.165) is 18.6 Å². The molecule has 2 amide bonds. The summed E-state index contributed by atoms with van der Waals surface area (Å²) < 4.78 is 5.25. The molecule has 0 aromatic carbocycles. The molecule has 1 fully saturated rings. The third-order valence-corrected chi connectivity index (χ3v) is 3.99. The summed E-state index contributed by atoms with van der Waals surface area (Å²) in [6.07, 6.45) is 3.18. The van der Waals surface area contributed by atoms with Gasteiger partial charge in [0.2, 0.25) is 0 Å². The fourth-order valence-electron chi connectivity index (χ4n) is 2.64. The molecule has 2 heterocycles. The molecule has 1 saturated heterocycles. The van der Waals surface area contributed by atoms with Crippen molar-refractivity contribution < 1.29 is 19.1 Å². The first-order valence-electron chi connectivity index (χ1n) is 7.28. The van der Waals surface area contributed by atoms with Crippen LogP contribution in [0.15, 0.2) is 22.8 Å². The first-order chi connectivity index (χ1) is 9.97. The summed E-state index contributed by atoms with van der Waals surface area (Å²) in [7, 11) is 0. The van der Waals surface area contributed by atoms with Crippen molar-refractivity contribution in [2.75, 3.05) is 13.1 Å². The van der Waals surface area contributed by atoms with Crippen molar-refractivity contribution in [3.05, 3.63) is 24.2 Å². The van der Waals surface area contributed by atoms with Gasteiger partial charge in [-0.2, -0.15) is 0 Å². The molecule has 1 aliphatic heterocycles. The normalized spacial score (nSPS) is 23.0. The minimum Gasteiger partial charge on any atom is -0.481 e. The van der Waals surface area contributed by atoms with E-state index in [1.807, 2.05) is 26.0 Å². The van der Waals surface area contributed by atoms with Gasteiger partial charge in [0.05, 0.1) is 12.2 Å². The molecular weight excluding hydrogens is 272 g/mol. The highest BCUT2D eigenvalue weighted by molar-refractivity contribution is 5.77. The van der Waals surface area contributed by atoms with Crippen molar-refractivity contribution in [2.45, 2.75) is 32.7 Å². The van der Waals surface area contributed by atoms with Crippen LogP contribution in [0.2, 0.25) is 0 Å². The zero-order valence-electron chi connectivity index (χ0n) is 12.4. The van der Waals surface area contributed by atoms with Crippen LogP contribution in [0.4, 0.5) is 4.79 Å². The third-order valence-electron chi connectivity index (χ3n) is 3.99. The molecular formula is C15H22N2O4. The molecule has 1 aromatic rings. The molecule has 1 aromatic heterocycles. The van der Waals surface area contributed by atoms with Crippen LogP contribution in [0, 0.1) is 11.8 Å². The number of carboxylic acids is 1. The van der Waals surface area contributed by atoms with E-state index in [1.54, 1.807) is 11.2 Å². The van der Waals surface area contributed by atoms with Crippen LogP contribution < -0.4 is 5.32 Å². The lowest BCUT2D eigenvalue weighted by Crippen LogP contribution is -2.43. The van der Waals surface area contributed by atoms with Crippen molar-refractivity contribution in [1.29, 1.82) is 0 Å². The number of rotatable bonds is 5. The minimum atomic E-state index is -0.830. The summed E-state index contributed by atoms with van der Waals surface area (Å²) in [4.78, 5) is 24.8. The maximum absolute atomic E-state index is 12.1. The second kappa shape index (κ2) is 6.65. The topological polar surface area (TPSA) is 82.8 Å². The van der Waals surface area contributed by atoms with Gasteiger partial charge in [0.25, 0.3) is 0 Å². The van der Waals surface area contributed by atoms with Crippen LogP contribution >= 0.6 is 0 Å². The van der Waals surface area contributed by atoms with Crippen molar-refractivity contribution in [2.24, 2.45) is 11.8 Å². The number of urea groups is 1. The quantitative estimate of drug-likeness (QED) is 0.869. The van der Waals surface area contributed by atoms with Crippen LogP contribution in [0.25, 0.3) is 0 Å². The van der Waals surface area contributed by atoms with Crippen LogP contribution in [0.3, 0.4) is 0 Å². The van der Waals surface area contributed by atoms with Crippen LogP contribution in [0.1, 0.15) is 26.0 Å². The number of aryl methyl sites for hydroxylation is 1. The molecule has 2 rings (SSSR count). The van der Waals surface area contributed by atoms with Crippen LogP contribution in [-0.2, 0) is 11.2 Å². The Balaban J connectivity index is 1.77. The average molecular weight is 294 g/mol. The lowest BCUT2D eigenvalue weighted by molar-refractivity contribution is -0.142. The fraction of sp³-hybridized carbons (Fsp3) is 0.600. The van der Waals surface area contributed by atoms with Gasteiger partial charge in [0, 0.05) is 25.6 Å². The highest BCUT2D eigenvalue weighted by Crippen LogP contribution is 2.23. The van der Waals surface area contributed by atoms with Crippen LogP contribution in [-0.4, -0.2) is 41.1 Å². The minimum absolute atomic E-state index is 0.00771. The summed E-state index contributed by atoms with van der Waals surface area (Å²) in [5, 5.41) is 12.0. The predicted molar refractivity (Wildman–Crippen MR) is 76.9 cm³/mol. The Morgan fingerprint density at radius 1 is 1.52 bits per heavy atom. The number of carbonyl (C=O) groups excluding carboxylic acids is 1. The average Bonchev–Trinajstić information content (AvgIpc) is 3.05. The number of furan rings is 1. The number of hydrogen-bond donors (Lipinski definition) is 2. The van der Waals surface area contributed by atoms with Gasteiger partial charge in [-0.15, -0.1) is 0 Å². The van der Waals surface area contributed by atoms with E-state index in [-0.39, 0.29) is 24.5 Å². The van der Waals surface area contributed by atoms with Crippen molar-refractivity contribution in [3.8, 4) is 0 Å². The molecule has 0 aliphatic carbocycles. The number of hydrogen-bond acceptors (Lipinski definition) is 3. The number of likely N-dealkylation sites (tertiary alicyclic amines) is 1. The van der Waals surface area contributed by atoms with Crippen molar-refractivity contribution in [1.82, 2.24) is 10.2 Å². The Morgan fingerprint density at radius 3 is 2.86 bits per heavy atom. The standard InChI is InChI=1S/C15H22N2O4/c1-10-8-17(9-13(10)14(18)19)15(20)16-11(2)5-6-12-4-3-7-21-12/h3-4,7,10-11,13H,5-6,8-9H2,1-2H3,(H,16,20)(H,18,19). The summed E-state index contributed by atoms with van der Waals surface area (Å²) >= 11 is 0. The predicted octanol–water partition coefficient (Wildman–Crippen LogP) is 1.96. The second-order valence-electron chi connectivity index (χ2n) is 5.80. The monoisotopic (exact) mass is 294 g/mol. The smallest absolute Gasteiger partial charge is 0.317 e. The molecule has 0 spiro atoms. The van der Waals surface area contributed by atoms with Crippen molar-refractivity contribution >= 4 is 12.0 Å². The zero-order chi connectivity index (χ0) is 15.4. The summed E-state index contributed by atoms with van der Waals surface area (Å²) in [6, 6.07) is 3.59. The van der Waals surface area contributed by atoms with E-state index in [0.29, 0.717) is 6.54 Å². The van der Waals surface area contributed by atoms with E-state index >= 15 is 0 Å². The largest absolute Gasteiger partial charge is 0.481 e. The second-order valence-corrected chi connectivity index (χ2v) is 5.80. The van der Waals surface area contributed by atoms with Gasteiger partial charge in [-0.3, -0.25) is 4.79 Å². The van der Waals surface area contributed by atoms with Gasteiger partial charge >= 0.3 is 12.0 Å². The molecule has 116 valence electrons. The van der Waals surface area contributed by atoms with Crippen LogP contribution in [0.5, 0.6) is 0 Å². The maximum atomic E-state index is 12.1. The van der Waals surface area contributed by atoms with Gasteiger partial charge in [-0.25, -0.2) is 4.79 Å². The summed E-state index contributed by atoms with van der Waals surface area (Å²) in [5.74, 6) is -0.402. The molecule has 3 atom stereocenters. The Labute approximate surface area is 124 Å². The molecule has 0 radical (unpaired) electrons. The molecule has 0 saturated carbocycles. The molecule has 6 nitrogen and oxygen atoms in total. The Kier molecular flexibility index (Phi) is 4.88. The van der Waals surface area contributed by atoms with E-state index in [1.165, 1.54) is 0 Å². The van der Waals surface area contributed by atoms with Gasteiger partial charge in [0.15, 0.2) is 0 Å². The lowest BCUT2D eigenvalue weighted by atomic mass is 9.99. The van der Waals surface area contributed by atoms with E-state index in [4.69, 9.17) is 9.52 Å². The van der Waals surface area contributed by atoms with Gasteiger partial charge < -0.3 is 19.7 Å². The molecule has 6 heteroatoms. The first-order valence-corrected chi connectivity index (χ1v) is 7.28. The molecule has 21 heavy (non-hydrogen) atoms. The Morgan fingerprint density at radius 2 is 2.29 bits per heavy atom. The zero-order valence-corrected chi connectivity index (χ0v) is 12.4. The molecule has 0 bridgehead atoms. The molecule has 3 unspecified atom stereocenters. The fourth-order valence-corrected chi connectivity index (χ4v) is 2.64. The molecule has 2 N–H and O–H groups in total. The summed E-state index contributed by atoms with van der Waals surface area (Å²) in [5.41, 5.74) is 0. The Bertz CT molecular complexity index is 486. The number of carbonyl (C=O) groups is 2. The lowest BCUT2D eigenvalue weighted by Gasteiger charge is -2.20. The van der Waals surface area contributed by atoms with Crippen molar-refractivity contribution in [3.63, 3.8) is 0 Å². The number of nitrogens with one attached hydrogen (secondary N) is 1. The van der Waals surface area contributed by atoms with Gasteiger partial charge in [0.1, 0.15) is 5.76 Å². The summed E-state index contributed by atoms with van der Waals surface area (Å²) in [6.45, 7) is 4.59. The van der Waals surface area contributed by atoms with Gasteiger partial charge in [-0.1, -0.05) is 6.92 Å².